The van der Waals surface area contributed by atoms with Crippen LogP contribution in [0, 0.1) is 0 Å². The molecule has 2 heterocycles. The Labute approximate surface area is 140 Å². The fraction of sp³-hybridized carbons (Fsp3) is 0.235. The second-order valence-corrected chi connectivity index (χ2v) is 5.83. The van der Waals surface area contributed by atoms with Crippen LogP contribution in [0.4, 0.5) is 0 Å². The number of carbonyl (C=O) groups is 1. The summed E-state index contributed by atoms with van der Waals surface area (Å²) < 4.78 is 0. The average molecular weight is 327 g/mol. The van der Waals surface area contributed by atoms with Crippen LogP contribution in [0.1, 0.15) is 27.0 Å². The minimum Gasteiger partial charge on any atom is -0.478 e. The molecule has 1 aliphatic rings. The standard InChI is InChI=1S/C17H17N3O2S/c21-16(22)15-10-18-9-13-11-20(7-6-14(13)15)17(23)19-8-12-4-2-1-3-5-12/h1-5,9-10H,6-8,11H2,(H,19,23)(H,21,22). The highest BCUT2D eigenvalue weighted by atomic mass is 32.1. The van der Waals surface area contributed by atoms with E-state index in [4.69, 9.17) is 12.2 Å². The van der Waals surface area contributed by atoms with Gasteiger partial charge in [0.1, 0.15) is 0 Å². The van der Waals surface area contributed by atoms with Crippen LogP contribution >= 0.6 is 12.2 Å². The van der Waals surface area contributed by atoms with Crippen LogP contribution in [0.15, 0.2) is 42.7 Å². The lowest BCUT2D eigenvalue weighted by Gasteiger charge is -2.31. The van der Waals surface area contributed by atoms with Gasteiger partial charge in [-0.1, -0.05) is 30.3 Å². The van der Waals surface area contributed by atoms with Gasteiger partial charge < -0.3 is 15.3 Å². The Morgan fingerprint density at radius 2 is 2.09 bits per heavy atom. The van der Waals surface area contributed by atoms with Crippen molar-refractivity contribution in [2.45, 2.75) is 19.5 Å². The molecule has 2 N–H and O–H groups in total. The third kappa shape index (κ3) is 3.48. The number of rotatable bonds is 3. The number of aromatic nitrogens is 1. The third-order valence-electron chi connectivity index (χ3n) is 3.94. The number of nitrogens with zero attached hydrogens (tertiary/aromatic N) is 2. The lowest BCUT2D eigenvalue weighted by atomic mass is 9.97. The number of carboxylic acid groups (broad SMARTS) is 1. The van der Waals surface area contributed by atoms with Crippen molar-refractivity contribution in [3.05, 3.63) is 65.0 Å². The summed E-state index contributed by atoms with van der Waals surface area (Å²) >= 11 is 5.46. The van der Waals surface area contributed by atoms with E-state index < -0.39 is 5.97 Å². The summed E-state index contributed by atoms with van der Waals surface area (Å²) in [6, 6.07) is 10.1. The zero-order chi connectivity index (χ0) is 16.2. The van der Waals surface area contributed by atoms with Gasteiger partial charge in [0.15, 0.2) is 5.11 Å². The van der Waals surface area contributed by atoms with E-state index >= 15 is 0 Å². The monoisotopic (exact) mass is 327 g/mol. The van der Waals surface area contributed by atoms with Gasteiger partial charge >= 0.3 is 5.97 Å². The molecule has 23 heavy (non-hydrogen) atoms. The van der Waals surface area contributed by atoms with Gasteiger partial charge in [-0.05, 0) is 35.3 Å². The van der Waals surface area contributed by atoms with Crippen LogP contribution in [-0.4, -0.2) is 32.6 Å². The normalized spacial score (nSPS) is 13.3. The molecule has 0 saturated carbocycles. The predicted molar refractivity (Wildman–Crippen MR) is 91.2 cm³/mol. The minimum atomic E-state index is -0.924. The van der Waals surface area contributed by atoms with Crippen molar-refractivity contribution in [2.75, 3.05) is 6.54 Å². The molecule has 1 aromatic carbocycles. The largest absolute Gasteiger partial charge is 0.478 e. The average Bonchev–Trinajstić information content (AvgIpc) is 2.59. The number of pyridine rings is 1. The quantitative estimate of drug-likeness (QED) is 0.843. The first-order valence-electron chi connectivity index (χ1n) is 7.41. The molecule has 0 fully saturated rings. The van der Waals surface area contributed by atoms with Gasteiger partial charge in [-0.3, -0.25) is 4.98 Å². The molecule has 0 unspecified atom stereocenters. The molecule has 5 nitrogen and oxygen atoms in total. The Balaban J connectivity index is 1.66. The van der Waals surface area contributed by atoms with Gasteiger partial charge in [0.2, 0.25) is 0 Å². The van der Waals surface area contributed by atoms with Crippen LogP contribution in [-0.2, 0) is 19.5 Å². The van der Waals surface area contributed by atoms with Crippen molar-refractivity contribution in [1.29, 1.82) is 0 Å². The van der Waals surface area contributed by atoms with Crippen molar-refractivity contribution in [3.63, 3.8) is 0 Å². The van der Waals surface area contributed by atoms with E-state index in [1.165, 1.54) is 11.8 Å². The second-order valence-electron chi connectivity index (χ2n) is 5.45. The molecule has 0 atom stereocenters. The Bertz CT molecular complexity index is 734. The Morgan fingerprint density at radius 1 is 1.30 bits per heavy atom. The van der Waals surface area contributed by atoms with Crippen molar-refractivity contribution < 1.29 is 9.90 Å². The van der Waals surface area contributed by atoms with Gasteiger partial charge in [-0.15, -0.1) is 0 Å². The van der Waals surface area contributed by atoms with Gasteiger partial charge in [0, 0.05) is 32.0 Å². The third-order valence-corrected chi connectivity index (χ3v) is 4.35. The predicted octanol–water partition coefficient (Wildman–Crippen LogP) is 2.21. The van der Waals surface area contributed by atoms with E-state index in [9.17, 15) is 9.90 Å². The molecule has 2 aromatic rings. The first kappa shape index (κ1) is 15.4. The lowest BCUT2D eigenvalue weighted by Crippen LogP contribution is -2.42. The van der Waals surface area contributed by atoms with Gasteiger partial charge in [-0.25, -0.2) is 4.79 Å². The summed E-state index contributed by atoms with van der Waals surface area (Å²) in [5.74, 6) is -0.924. The Morgan fingerprint density at radius 3 is 2.83 bits per heavy atom. The molecular weight excluding hydrogens is 310 g/mol. The zero-order valence-electron chi connectivity index (χ0n) is 12.5. The smallest absolute Gasteiger partial charge is 0.337 e. The van der Waals surface area contributed by atoms with Crippen molar-refractivity contribution in [2.24, 2.45) is 0 Å². The SMILES string of the molecule is O=C(O)c1cncc2c1CCN(C(=S)NCc1ccccc1)C2. The zero-order valence-corrected chi connectivity index (χ0v) is 13.3. The first-order chi connectivity index (χ1) is 11.1. The Hall–Kier alpha value is -2.47. The van der Waals surface area contributed by atoms with Crippen molar-refractivity contribution >= 4 is 23.3 Å². The molecule has 0 radical (unpaired) electrons. The highest BCUT2D eigenvalue weighted by Gasteiger charge is 2.23. The summed E-state index contributed by atoms with van der Waals surface area (Å²) in [6.07, 6.45) is 3.81. The molecule has 3 rings (SSSR count). The molecule has 0 bridgehead atoms. The number of thiocarbonyl (C=S) groups is 1. The van der Waals surface area contributed by atoms with E-state index in [2.05, 4.69) is 10.3 Å². The maximum atomic E-state index is 11.3. The fourth-order valence-corrected chi connectivity index (χ4v) is 2.96. The number of carboxylic acids is 1. The maximum absolute atomic E-state index is 11.3. The van der Waals surface area contributed by atoms with Gasteiger partial charge in [-0.2, -0.15) is 0 Å². The molecule has 1 aromatic heterocycles. The number of hydrogen-bond acceptors (Lipinski definition) is 3. The van der Waals surface area contributed by atoms with Crippen LogP contribution in [0.3, 0.4) is 0 Å². The van der Waals surface area contributed by atoms with Crippen LogP contribution in [0.5, 0.6) is 0 Å². The summed E-state index contributed by atoms with van der Waals surface area (Å²) in [7, 11) is 0. The topological polar surface area (TPSA) is 65.5 Å². The number of hydrogen-bond donors (Lipinski definition) is 2. The number of fused-ring (bicyclic) bond motifs is 1. The highest BCUT2D eigenvalue weighted by Crippen LogP contribution is 2.21. The summed E-state index contributed by atoms with van der Waals surface area (Å²) in [6.45, 7) is 1.97. The van der Waals surface area contributed by atoms with E-state index in [-0.39, 0.29) is 0 Å². The molecule has 0 spiro atoms. The molecular formula is C17H17N3O2S. The fourth-order valence-electron chi connectivity index (χ4n) is 2.74. The van der Waals surface area contributed by atoms with Gasteiger partial charge in [0.05, 0.1) is 5.56 Å². The highest BCUT2D eigenvalue weighted by molar-refractivity contribution is 7.80. The summed E-state index contributed by atoms with van der Waals surface area (Å²) in [5.41, 5.74) is 3.27. The summed E-state index contributed by atoms with van der Waals surface area (Å²) in [5, 5.41) is 13.2. The maximum Gasteiger partial charge on any atom is 0.337 e. The molecule has 118 valence electrons. The molecule has 0 saturated heterocycles. The van der Waals surface area contributed by atoms with Crippen molar-refractivity contribution in [1.82, 2.24) is 15.2 Å². The molecule has 1 aliphatic heterocycles. The van der Waals surface area contributed by atoms with E-state index in [1.807, 2.05) is 35.2 Å². The Kier molecular flexibility index (Phi) is 4.52. The van der Waals surface area contributed by atoms with Crippen LogP contribution in [0.2, 0.25) is 0 Å². The second kappa shape index (κ2) is 6.75. The molecule has 0 amide bonds. The number of aromatic carboxylic acids is 1. The van der Waals surface area contributed by atoms with E-state index in [0.717, 1.165) is 11.1 Å². The van der Waals surface area contributed by atoms with Crippen LogP contribution in [0.25, 0.3) is 0 Å². The summed E-state index contributed by atoms with van der Waals surface area (Å²) in [4.78, 5) is 17.3. The number of benzene rings is 1. The lowest BCUT2D eigenvalue weighted by molar-refractivity contribution is 0.0694. The molecule has 0 aliphatic carbocycles. The molecule has 6 heteroatoms. The van der Waals surface area contributed by atoms with Crippen LogP contribution < -0.4 is 5.32 Å². The number of nitrogens with one attached hydrogen (secondary N) is 1. The van der Waals surface area contributed by atoms with E-state index in [1.54, 1.807) is 6.20 Å². The van der Waals surface area contributed by atoms with E-state index in [0.29, 0.717) is 36.7 Å². The first-order valence-corrected chi connectivity index (χ1v) is 7.81. The van der Waals surface area contributed by atoms with Gasteiger partial charge in [0.25, 0.3) is 0 Å². The van der Waals surface area contributed by atoms with Crippen molar-refractivity contribution in [3.8, 4) is 0 Å². The minimum absolute atomic E-state index is 0.297.